The first-order chi connectivity index (χ1) is 9.63. The summed E-state index contributed by atoms with van der Waals surface area (Å²) in [6, 6.07) is 7.38. The van der Waals surface area contributed by atoms with Crippen molar-refractivity contribution in [1.29, 1.82) is 0 Å². The summed E-state index contributed by atoms with van der Waals surface area (Å²) in [6.45, 7) is 5.97. The van der Waals surface area contributed by atoms with Crippen molar-refractivity contribution in [2.75, 3.05) is 31.2 Å². The number of nitrogens with one attached hydrogen (secondary N) is 1. The normalized spacial score (nSPS) is 20.6. The number of carbonyl (C=O) groups excluding carboxylic acids is 1. The van der Waals surface area contributed by atoms with Gasteiger partial charge in [0.15, 0.2) is 0 Å². The highest BCUT2D eigenvalue weighted by Gasteiger charge is 2.29. The van der Waals surface area contributed by atoms with Gasteiger partial charge >= 0.3 is 0 Å². The Kier molecular flexibility index (Phi) is 4.98. The van der Waals surface area contributed by atoms with E-state index in [-0.39, 0.29) is 11.9 Å². The van der Waals surface area contributed by atoms with Gasteiger partial charge in [-0.15, -0.1) is 0 Å². The first kappa shape index (κ1) is 14.8. The number of morpholine rings is 1. The number of likely N-dealkylation sites (N-methyl/N-ethyl adjacent to an activating group) is 1. The van der Waals surface area contributed by atoms with Gasteiger partial charge in [-0.3, -0.25) is 4.79 Å². The van der Waals surface area contributed by atoms with Crippen molar-refractivity contribution in [3.63, 3.8) is 0 Å². The number of hydrogen-bond acceptors (Lipinski definition) is 4. The highest BCUT2D eigenvalue weighted by atomic mass is 16.5. The summed E-state index contributed by atoms with van der Waals surface area (Å²) in [4.78, 5) is 14.1. The Morgan fingerprint density at radius 3 is 2.80 bits per heavy atom. The number of anilines is 1. The number of aliphatic hydroxyl groups excluding tert-OH is 1. The number of aliphatic hydroxyl groups is 1. The van der Waals surface area contributed by atoms with E-state index in [1.165, 1.54) is 0 Å². The Labute approximate surface area is 119 Å². The molecule has 0 aromatic heterocycles. The summed E-state index contributed by atoms with van der Waals surface area (Å²) in [5.41, 5.74) is 1.85. The van der Waals surface area contributed by atoms with Crippen LogP contribution in [0.1, 0.15) is 25.5 Å². The maximum absolute atomic E-state index is 12.1. The summed E-state index contributed by atoms with van der Waals surface area (Å²) in [7, 11) is 0. The molecule has 110 valence electrons. The third-order valence-corrected chi connectivity index (χ3v) is 3.49. The average Bonchev–Trinajstić information content (AvgIpc) is 2.47. The van der Waals surface area contributed by atoms with Gasteiger partial charge in [0.25, 0.3) is 0 Å². The molecule has 2 atom stereocenters. The molecule has 0 bridgehead atoms. The van der Waals surface area contributed by atoms with E-state index in [1.54, 1.807) is 6.92 Å². The number of ether oxygens (including phenoxy) is 1. The van der Waals surface area contributed by atoms with Crippen LogP contribution in [-0.2, 0) is 9.53 Å². The lowest BCUT2D eigenvalue weighted by atomic mass is 10.1. The van der Waals surface area contributed by atoms with Crippen molar-refractivity contribution in [3.05, 3.63) is 29.8 Å². The fourth-order valence-electron chi connectivity index (χ4n) is 2.37. The van der Waals surface area contributed by atoms with Crippen LogP contribution in [-0.4, -0.2) is 43.4 Å². The minimum atomic E-state index is -0.479. The van der Waals surface area contributed by atoms with Crippen molar-refractivity contribution in [2.24, 2.45) is 0 Å². The molecule has 20 heavy (non-hydrogen) atoms. The summed E-state index contributed by atoms with van der Waals surface area (Å²) in [6.07, 6.45) is -0.479. The zero-order valence-electron chi connectivity index (χ0n) is 12.0. The molecule has 1 unspecified atom stereocenters. The minimum Gasteiger partial charge on any atom is -0.389 e. The van der Waals surface area contributed by atoms with Crippen molar-refractivity contribution >= 4 is 11.6 Å². The predicted octanol–water partition coefficient (Wildman–Crippen LogP) is 1.08. The molecule has 2 rings (SSSR count). The van der Waals surface area contributed by atoms with E-state index in [1.807, 2.05) is 31.2 Å². The fourth-order valence-corrected chi connectivity index (χ4v) is 2.37. The molecular formula is C15H22N2O3. The van der Waals surface area contributed by atoms with E-state index in [2.05, 4.69) is 10.2 Å². The Morgan fingerprint density at radius 1 is 1.50 bits per heavy atom. The zero-order chi connectivity index (χ0) is 14.5. The van der Waals surface area contributed by atoms with Crippen LogP contribution < -0.4 is 10.2 Å². The lowest BCUT2D eigenvalue weighted by molar-refractivity contribution is -0.124. The zero-order valence-corrected chi connectivity index (χ0v) is 12.0. The molecule has 0 radical (unpaired) electrons. The average molecular weight is 278 g/mol. The summed E-state index contributed by atoms with van der Waals surface area (Å²) in [5.74, 6) is -0.00759. The number of carbonyl (C=O) groups is 1. The Hall–Kier alpha value is -1.59. The van der Waals surface area contributed by atoms with Crippen molar-refractivity contribution < 1.29 is 14.6 Å². The molecule has 1 amide bonds. The second-order valence-corrected chi connectivity index (χ2v) is 4.95. The Balaban J connectivity index is 2.16. The first-order valence-electron chi connectivity index (χ1n) is 7.03. The van der Waals surface area contributed by atoms with Crippen LogP contribution in [0.2, 0.25) is 0 Å². The van der Waals surface area contributed by atoms with Gasteiger partial charge in [0.1, 0.15) is 6.04 Å². The maximum atomic E-state index is 12.1. The maximum Gasteiger partial charge on any atom is 0.245 e. The smallest absolute Gasteiger partial charge is 0.245 e. The molecule has 1 fully saturated rings. The van der Waals surface area contributed by atoms with Crippen LogP contribution in [0.25, 0.3) is 0 Å². The number of benzene rings is 1. The van der Waals surface area contributed by atoms with Gasteiger partial charge in [-0.25, -0.2) is 0 Å². The van der Waals surface area contributed by atoms with E-state index in [0.717, 1.165) is 11.3 Å². The van der Waals surface area contributed by atoms with E-state index < -0.39 is 6.10 Å². The molecule has 0 spiro atoms. The Morgan fingerprint density at radius 2 is 2.20 bits per heavy atom. The highest BCUT2D eigenvalue weighted by Crippen LogP contribution is 2.22. The van der Waals surface area contributed by atoms with Crippen molar-refractivity contribution in [3.8, 4) is 0 Å². The number of nitrogens with zero attached hydrogens (tertiary/aromatic N) is 1. The minimum absolute atomic E-state index is 0.00759. The second-order valence-electron chi connectivity index (χ2n) is 4.95. The molecule has 2 N–H and O–H groups in total. The molecule has 1 heterocycles. The van der Waals surface area contributed by atoms with Crippen LogP contribution in [0.4, 0.5) is 5.69 Å². The molecule has 5 nitrogen and oxygen atoms in total. The quantitative estimate of drug-likeness (QED) is 0.865. The van der Waals surface area contributed by atoms with Crippen molar-refractivity contribution in [2.45, 2.75) is 26.0 Å². The topological polar surface area (TPSA) is 61.8 Å². The van der Waals surface area contributed by atoms with Gasteiger partial charge in [-0.1, -0.05) is 12.1 Å². The molecule has 5 heteroatoms. The standard InChI is InChI=1S/C15H22N2O3/c1-3-16-15(19)14-10-20-9-8-17(14)13-6-4-12(5-7-13)11(2)18/h4-7,11,14,18H,3,8-10H2,1-2H3,(H,16,19)/t11-,14?/m0/s1. The summed E-state index contributed by atoms with van der Waals surface area (Å²) < 4.78 is 5.42. The summed E-state index contributed by atoms with van der Waals surface area (Å²) >= 11 is 0. The lowest BCUT2D eigenvalue weighted by Crippen LogP contribution is -2.54. The van der Waals surface area contributed by atoms with E-state index >= 15 is 0 Å². The number of amides is 1. The monoisotopic (exact) mass is 278 g/mol. The van der Waals surface area contributed by atoms with E-state index in [0.29, 0.717) is 26.3 Å². The van der Waals surface area contributed by atoms with Gasteiger partial charge in [-0.05, 0) is 31.5 Å². The molecule has 1 aromatic rings. The van der Waals surface area contributed by atoms with Gasteiger partial charge in [0.2, 0.25) is 5.91 Å². The van der Waals surface area contributed by atoms with Crippen LogP contribution in [0.3, 0.4) is 0 Å². The lowest BCUT2D eigenvalue weighted by Gasteiger charge is -2.36. The SMILES string of the molecule is CCNC(=O)C1COCCN1c1ccc([C@H](C)O)cc1. The molecular weight excluding hydrogens is 256 g/mol. The number of rotatable bonds is 4. The molecule has 0 aliphatic carbocycles. The fraction of sp³-hybridized carbons (Fsp3) is 0.533. The predicted molar refractivity (Wildman–Crippen MR) is 77.7 cm³/mol. The molecule has 1 aromatic carbocycles. The van der Waals surface area contributed by atoms with Crippen molar-refractivity contribution in [1.82, 2.24) is 5.32 Å². The van der Waals surface area contributed by atoms with Gasteiger partial charge < -0.3 is 20.1 Å². The molecule has 1 saturated heterocycles. The number of hydrogen-bond donors (Lipinski definition) is 2. The van der Waals surface area contributed by atoms with E-state index in [9.17, 15) is 9.90 Å². The van der Waals surface area contributed by atoms with Crippen LogP contribution in [0, 0.1) is 0 Å². The van der Waals surface area contributed by atoms with Crippen LogP contribution >= 0.6 is 0 Å². The van der Waals surface area contributed by atoms with Gasteiger partial charge in [0.05, 0.1) is 19.3 Å². The first-order valence-corrected chi connectivity index (χ1v) is 7.03. The Bertz CT molecular complexity index is 445. The largest absolute Gasteiger partial charge is 0.389 e. The third-order valence-electron chi connectivity index (χ3n) is 3.49. The van der Waals surface area contributed by atoms with Crippen LogP contribution in [0.5, 0.6) is 0 Å². The van der Waals surface area contributed by atoms with Crippen LogP contribution in [0.15, 0.2) is 24.3 Å². The van der Waals surface area contributed by atoms with Gasteiger partial charge in [0, 0.05) is 18.8 Å². The second kappa shape index (κ2) is 6.72. The van der Waals surface area contributed by atoms with Gasteiger partial charge in [-0.2, -0.15) is 0 Å². The molecule has 0 saturated carbocycles. The molecule has 1 aliphatic rings. The summed E-state index contributed by atoms with van der Waals surface area (Å²) in [5, 5.41) is 12.4. The molecule has 1 aliphatic heterocycles. The third kappa shape index (κ3) is 3.29. The highest BCUT2D eigenvalue weighted by molar-refractivity contribution is 5.85. The van der Waals surface area contributed by atoms with E-state index in [4.69, 9.17) is 4.74 Å².